The number of carbonyl (C=O) groups excluding carboxylic acids is 1. The van der Waals surface area contributed by atoms with Gasteiger partial charge in [-0.2, -0.15) is 0 Å². The zero-order chi connectivity index (χ0) is 16.9. The van der Waals surface area contributed by atoms with Crippen LogP contribution < -0.4 is 10.6 Å². The van der Waals surface area contributed by atoms with Crippen molar-refractivity contribution in [3.05, 3.63) is 71.3 Å². The summed E-state index contributed by atoms with van der Waals surface area (Å²) in [5.41, 5.74) is -0.519. The standard InChI is InChI=1S/C17H18F2N2O2/c1-17(23,13-5-3-2-4-6-13)11-21-16(22)20-10-12-9-14(18)7-8-15(12)19/h2-9,23H,10-11H2,1H3,(H2,20,21,22). The minimum absolute atomic E-state index is 0.0194. The maximum atomic E-state index is 13.4. The molecule has 4 nitrogen and oxygen atoms in total. The van der Waals surface area contributed by atoms with Gasteiger partial charge in [0.2, 0.25) is 0 Å². The second-order valence-corrected chi connectivity index (χ2v) is 5.41. The molecule has 2 aromatic carbocycles. The van der Waals surface area contributed by atoms with Crippen LogP contribution in [0.1, 0.15) is 18.1 Å². The molecule has 3 N–H and O–H groups in total. The lowest BCUT2D eigenvalue weighted by Gasteiger charge is -2.24. The van der Waals surface area contributed by atoms with Crippen LogP contribution in [0.25, 0.3) is 0 Å². The van der Waals surface area contributed by atoms with Gasteiger partial charge in [-0.3, -0.25) is 0 Å². The van der Waals surface area contributed by atoms with Crippen molar-refractivity contribution in [2.45, 2.75) is 19.1 Å². The first-order chi connectivity index (χ1) is 10.9. The van der Waals surface area contributed by atoms with Crippen LogP contribution in [0, 0.1) is 11.6 Å². The molecule has 0 spiro atoms. The van der Waals surface area contributed by atoms with Crippen LogP contribution in [0.4, 0.5) is 13.6 Å². The molecule has 0 heterocycles. The predicted octanol–water partition coefficient (Wildman–Crippen LogP) is 2.67. The van der Waals surface area contributed by atoms with Crippen LogP contribution in [0.5, 0.6) is 0 Å². The van der Waals surface area contributed by atoms with E-state index in [1.807, 2.05) is 6.07 Å². The Balaban J connectivity index is 1.87. The Morgan fingerprint density at radius 1 is 1.13 bits per heavy atom. The molecule has 2 aromatic rings. The quantitative estimate of drug-likeness (QED) is 0.793. The van der Waals surface area contributed by atoms with Crippen molar-refractivity contribution in [3.63, 3.8) is 0 Å². The van der Waals surface area contributed by atoms with E-state index in [2.05, 4.69) is 10.6 Å². The molecule has 6 heteroatoms. The summed E-state index contributed by atoms with van der Waals surface area (Å²) < 4.78 is 26.5. The van der Waals surface area contributed by atoms with Gasteiger partial charge in [-0.25, -0.2) is 13.6 Å². The predicted molar refractivity (Wildman–Crippen MR) is 82.6 cm³/mol. The van der Waals surface area contributed by atoms with E-state index in [1.165, 1.54) is 0 Å². The number of rotatable bonds is 5. The van der Waals surface area contributed by atoms with Gasteiger partial charge in [0.15, 0.2) is 0 Å². The van der Waals surface area contributed by atoms with E-state index in [0.717, 1.165) is 18.2 Å². The molecule has 0 aliphatic heterocycles. The molecule has 0 fully saturated rings. The lowest BCUT2D eigenvalue weighted by molar-refractivity contribution is 0.0594. The number of nitrogens with one attached hydrogen (secondary N) is 2. The van der Waals surface area contributed by atoms with Crippen molar-refractivity contribution in [2.75, 3.05) is 6.54 Å². The fourth-order valence-corrected chi connectivity index (χ4v) is 2.07. The van der Waals surface area contributed by atoms with Gasteiger partial charge >= 0.3 is 6.03 Å². The molecule has 23 heavy (non-hydrogen) atoms. The van der Waals surface area contributed by atoms with Crippen molar-refractivity contribution in [1.29, 1.82) is 0 Å². The third-order valence-corrected chi connectivity index (χ3v) is 3.44. The number of halogens is 2. The fraction of sp³-hybridized carbons (Fsp3) is 0.235. The number of amides is 2. The Labute approximate surface area is 133 Å². The van der Waals surface area contributed by atoms with E-state index in [0.29, 0.717) is 5.56 Å². The smallest absolute Gasteiger partial charge is 0.315 e. The number of aliphatic hydroxyl groups is 1. The molecule has 0 bridgehead atoms. The summed E-state index contributed by atoms with van der Waals surface area (Å²) in [4.78, 5) is 11.7. The van der Waals surface area contributed by atoms with Crippen LogP contribution in [-0.2, 0) is 12.1 Å². The van der Waals surface area contributed by atoms with Crippen LogP contribution >= 0.6 is 0 Å². The van der Waals surface area contributed by atoms with Crippen LogP contribution in [-0.4, -0.2) is 17.7 Å². The molecule has 0 aromatic heterocycles. The topological polar surface area (TPSA) is 61.4 Å². The summed E-state index contributed by atoms with van der Waals surface area (Å²) in [6, 6.07) is 11.4. The number of carbonyl (C=O) groups is 1. The van der Waals surface area contributed by atoms with Gasteiger partial charge in [-0.05, 0) is 30.7 Å². The van der Waals surface area contributed by atoms with Crippen molar-refractivity contribution in [2.24, 2.45) is 0 Å². The number of hydrogen-bond acceptors (Lipinski definition) is 2. The van der Waals surface area contributed by atoms with E-state index in [1.54, 1.807) is 31.2 Å². The third kappa shape index (κ3) is 4.75. The Morgan fingerprint density at radius 3 is 2.52 bits per heavy atom. The van der Waals surface area contributed by atoms with Gasteiger partial charge in [-0.15, -0.1) is 0 Å². The summed E-state index contributed by atoms with van der Waals surface area (Å²) in [5.74, 6) is -1.17. The molecule has 2 amide bonds. The molecule has 0 aliphatic carbocycles. The van der Waals surface area contributed by atoms with Gasteiger partial charge in [0.25, 0.3) is 0 Å². The summed E-state index contributed by atoms with van der Waals surface area (Å²) in [6.45, 7) is 1.41. The zero-order valence-electron chi connectivity index (χ0n) is 12.6. The van der Waals surface area contributed by atoms with Crippen molar-refractivity contribution in [1.82, 2.24) is 10.6 Å². The SMILES string of the molecule is CC(O)(CNC(=O)NCc1cc(F)ccc1F)c1ccccc1. The number of hydrogen-bond donors (Lipinski definition) is 3. The zero-order valence-corrected chi connectivity index (χ0v) is 12.6. The first kappa shape index (κ1) is 16.9. The summed E-state index contributed by atoms with van der Waals surface area (Å²) in [6.07, 6.45) is 0. The highest BCUT2D eigenvalue weighted by Crippen LogP contribution is 2.18. The van der Waals surface area contributed by atoms with E-state index in [4.69, 9.17) is 0 Å². The number of urea groups is 1. The van der Waals surface area contributed by atoms with Crippen molar-refractivity contribution in [3.8, 4) is 0 Å². The third-order valence-electron chi connectivity index (χ3n) is 3.44. The van der Waals surface area contributed by atoms with Gasteiger partial charge in [0.05, 0.1) is 6.54 Å². The molecule has 0 aliphatic rings. The first-order valence-electron chi connectivity index (χ1n) is 7.12. The van der Waals surface area contributed by atoms with E-state index in [-0.39, 0.29) is 18.7 Å². The van der Waals surface area contributed by atoms with Gasteiger partial charge in [0, 0.05) is 12.1 Å². The Kier molecular flexibility index (Phi) is 5.28. The number of benzene rings is 2. The van der Waals surface area contributed by atoms with Crippen LogP contribution in [0.3, 0.4) is 0 Å². The molecule has 0 saturated heterocycles. The highest BCUT2D eigenvalue weighted by atomic mass is 19.1. The average Bonchev–Trinajstić information content (AvgIpc) is 2.54. The second-order valence-electron chi connectivity index (χ2n) is 5.41. The first-order valence-corrected chi connectivity index (χ1v) is 7.12. The highest BCUT2D eigenvalue weighted by Gasteiger charge is 2.23. The largest absolute Gasteiger partial charge is 0.384 e. The maximum absolute atomic E-state index is 13.4. The van der Waals surface area contributed by atoms with Crippen LogP contribution in [0.2, 0.25) is 0 Å². The van der Waals surface area contributed by atoms with Gasteiger partial charge in [-0.1, -0.05) is 30.3 Å². The minimum Gasteiger partial charge on any atom is -0.384 e. The Morgan fingerprint density at radius 2 is 1.83 bits per heavy atom. The van der Waals surface area contributed by atoms with Crippen molar-refractivity contribution >= 4 is 6.03 Å². The normalized spacial score (nSPS) is 13.2. The monoisotopic (exact) mass is 320 g/mol. The van der Waals surface area contributed by atoms with E-state index in [9.17, 15) is 18.7 Å². The molecular formula is C17H18F2N2O2. The lowest BCUT2D eigenvalue weighted by atomic mass is 9.96. The Hall–Kier alpha value is -2.47. The average molecular weight is 320 g/mol. The molecule has 0 radical (unpaired) electrons. The summed E-state index contributed by atoms with van der Waals surface area (Å²) in [5, 5.41) is 15.3. The molecule has 0 saturated carbocycles. The minimum atomic E-state index is -1.23. The van der Waals surface area contributed by atoms with Crippen molar-refractivity contribution < 1.29 is 18.7 Å². The van der Waals surface area contributed by atoms with Gasteiger partial charge in [0.1, 0.15) is 17.2 Å². The van der Waals surface area contributed by atoms with Crippen LogP contribution in [0.15, 0.2) is 48.5 Å². The summed E-state index contributed by atoms with van der Waals surface area (Å²) in [7, 11) is 0. The molecule has 122 valence electrons. The molecular weight excluding hydrogens is 302 g/mol. The summed E-state index contributed by atoms with van der Waals surface area (Å²) >= 11 is 0. The second kappa shape index (κ2) is 7.19. The molecule has 2 rings (SSSR count). The lowest BCUT2D eigenvalue weighted by Crippen LogP contribution is -2.43. The van der Waals surface area contributed by atoms with E-state index < -0.39 is 23.3 Å². The molecule has 1 unspecified atom stereocenters. The van der Waals surface area contributed by atoms with E-state index >= 15 is 0 Å². The molecule has 1 atom stereocenters. The highest BCUT2D eigenvalue weighted by molar-refractivity contribution is 5.73. The van der Waals surface area contributed by atoms with Gasteiger partial charge < -0.3 is 15.7 Å². The maximum Gasteiger partial charge on any atom is 0.315 e. The fourth-order valence-electron chi connectivity index (χ4n) is 2.07. The Bertz CT molecular complexity index is 676.